The molecule has 0 bridgehead atoms. The minimum atomic E-state index is -0.0485. The second-order valence-corrected chi connectivity index (χ2v) is 3.83. The number of aromatic amines is 1. The van der Waals surface area contributed by atoms with Crippen LogP contribution in [0.4, 0.5) is 0 Å². The van der Waals surface area contributed by atoms with Crippen molar-refractivity contribution in [3.63, 3.8) is 0 Å². The summed E-state index contributed by atoms with van der Waals surface area (Å²) in [5, 5.41) is 10.7. The van der Waals surface area contributed by atoms with Crippen LogP contribution in [0.2, 0.25) is 0 Å². The van der Waals surface area contributed by atoms with Gasteiger partial charge in [0, 0.05) is 35.8 Å². The van der Waals surface area contributed by atoms with Crippen LogP contribution in [0.15, 0.2) is 6.20 Å². The third kappa shape index (κ3) is 1.76. The summed E-state index contributed by atoms with van der Waals surface area (Å²) in [5.74, 6) is -0.0485. The molecule has 84 valence electrons. The molecule has 0 spiro atoms. The summed E-state index contributed by atoms with van der Waals surface area (Å²) in [6.07, 6.45) is 1.76. The van der Waals surface area contributed by atoms with Crippen molar-refractivity contribution in [3.05, 3.63) is 23.1 Å². The number of hydrogen-bond acceptors (Lipinski definition) is 3. The van der Waals surface area contributed by atoms with Crippen LogP contribution in [0.5, 0.6) is 0 Å². The predicted octanol–water partition coefficient (Wildman–Crippen LogP) is 1.21. The van der Waals surface area contributed by atoms with Gasteiger partial charge in [-0.25, -0.2) is 0 Å². The molecule has 0 saturated carbocycles. The number of rotatable bonds is 2. The van der Waals surface area contributed by atoms with E-state index < -0.39 is 0 Å². The molecule has 2 rings (SSSR count). The molecule has 0 aromatic carbocycles. The van der Waals surface area contributed by atoms with E-state index in [2.05, 4.69) is 20.5 Å². The lowest BCUT2D eigenvalue weighted by Gasteiger charge is -2.08. The Morgan fingerprint density at radius 3 is 2.88 bits per heavy atom. The van der Waals surface area contributed by atoms with Crippen LogP contribution >= 0.6 is 0 Å². The van der Waals surface area contributed by atoms with E-state index in [-0.39, 0.29) is 5.91 Å². The van der Waals surface area contributed by atoms with Gasteiger partial charge < -0.3 is 5.32 Å². The number of carbonyl (C=O) groups excluding carboxylic acids is 1. The number of aryl methyl sites for hydroxylation is 2. The Bertz CT molecular complexity index is 544. The molecule has 1 amide bonds. The van der Waals surface area contributed by atoms with Gasteiger partial charge in [0.15, 0.2) is 0 Å². The molecule has 0 aliphatic heterocycles. The van der Waals surface area contributed by atoms with Crippen LogP contribution in [0.1, 0.15) is 23.9 Å². The average Bonchev–Trinajstić information content (AvgIpc) is 2.65. The first-order valence-corrected chi connectivity index (χ1v) is 5.13. The SMILES string of the molecule is CC(=O)NCc1c(C)nc(C)c2cn[nH]c12. The van der Waals surface area contributed by atoms with Crippen molar-refractivity contribution in [2.45, 2.75) is 27.3 Å². The molecule has 2 N–H and O–H groups in total. The summed E-state index contributed by atoms with van der Waals surface area (Å²) >= 11 is 0. The molecule has 0 atom stereocenters. The van der Waals surface area contributed by atoms with Gasteiger partial charge in [-0.15, -0.1) is 0 Å². The quantitative estimate of drug-likeness (QED) is 0.796. The van der Waals surface area contributed by atoms with Crippen LogP contribution in [0.3, 0.4) is 0 Å². The van der Waals surface area contributed by atoms with Crippen molar-refractivity contribution in [2.24, 2.45) is 0 Å². The molecule has 16 heavy (non-hydrogen) atoms. The van der Waals surface area contributed by atoms with Crippen LogP contribution in [0.25, 0.3) is 10.9 Å². The Morgan fingerprint density at radius 1 is 1.44 bits per heavy atom. The normalized spacial score (nSPS) is 10.7. The molecule has 0 fully saturated rings. The first-order chi connectivity index (χ1) is 7.59. The smallest absolute Gasteiger partial charge is 0.217 e. The number of amides is 1. The van der Waals surface area contributed by atoms with E-state index in [1.54, 1.807) is 6.20 Å². The number of nitrogens with one attached hydrogen (secondary N) is 2. The molecule has 0 aliphatic rings. The highest BCUT2D eigenvalue weighted by Crippen LogP contribution is 2.20. The van der Waals surface area contributed by atoms with E-state index in [0.717, 1.165) is 27.9 Å². The van der Waals surface area contributed by atoms with Crippen LogP contribution < -0.4 is 5.32 Å². The Balaban J connectivity index is 2.50. The van der Waals surface area contributed by atoms with E-state index in [1.165, 1.54) is 6.92 Å². The standard InChI is InChI=1S/C11H14N4O/c1-6-9(4-12-8(3)16)11-10(5-13-15-11)7(2)14-6/h5H,4H2,1-3H3,(H,12,16)(H,13,15). The zero-order valence-electron chi connectivity index (χ0n) is 9.59. The Hall–Kier alpha value is -1.91. The molecule has 5 nitrogen and oxygen atoms in total. The van der Waals surface area contributed by atoms with E-state index in [0.29, 0.717) is 6.54 Å². The topological polar surface area (TPSA) is 70.7 Å². The monoisotopic (exact) mass is 218 g/mol. The number of nitrogens with zero attached hydrogens (tertiary/aromatic N) is 2. The predicted molar refractivity (Wildman–Crippen MR) is 60.9 cm³/mol. The molecule has 0 saturated heterocycles. The molecule has 0 aliphatic carbocycles. The second kappa shape index (κ2) is 3.92. The van der Waals surface area contributed by atoms with E-state index in [9.17, 15) is 4.79 Å². The summed E-state index contributed by atoms with van der Waals surface area (Å²) in [7, 11) is 0. The molecule has 0 radical (unpaired) electrons. The van der Waals surface area contributed by atoms with Crippen molar-refractivity contribution in [2.75, 3.05) is 0 Å². The minimum Gasteiger partial charge on any atom is -0.352 e. The van der Waals surface area contributed by atoms with Crippen LogP contribution in [0, 0.1) is 13.8 Å². The second-order valence-electron chi connectivity index (χ2n) is 3.83. The Kier molecular flexibility index (Phi) is 2.60. The lowest BCUT2D eigenvalue weighted by atomic mass is 10.1. The van der Waals surface area contributed by atoms with E-state index in [4.69, 9.17) is 0 Å². The highest BCUT2D eigenvalue weighted by Gasteiger charge is 2.10. The molecule has 0 unspecified atom stereocenters. The summed E-state index contributed by atoms with van der Waals surface area (Å²) in [6, 6.07) is 0. The van der Waals surface area contributed by atoms with Crippen molar-refractivity contribution >= 4 is 16.8 Å². The van der Waals surface area contributed by atoms with Gasteiger partial charge in [0.25, 0.3) is 0 Å². The van der Waals surface area contributed by atoms with Gasteiger partial charge in [0.05, 0.1) is 11.7 Å². The lowest BCUT2D eigenvalue weighted by Crippen LogP contribution is -2.20. The zero-order chi connectivity index (χ0) is 11.7. The molecule has 2 heterocycles. The molecule has 5 heteroatoms. The van der Waals surface area contributed by atoms with E-state index in [1.807, 2.05) is 13.8 Å². The number of pyridine rings is 1. The lowest BCUT2D eigenvalue weighted by molar-refractivity contribution is -0.119. The zero-order valence-corrected chi connectivity index (χ0v) is 9.59. The molecule has 2 aromatic heterocycles. The van der Waals surface area contributed by atoms with Gasteiger partial charge in [-0.3, -0.25) is 14.9 Å². The highest BCUT2D eigenvalue weighted by atomic mass is 16.1. The number of carbonyl (C=O) groups is 1. The summed E-state index contributed by atoms with van der Waals surface area (Å²) in [4.78, 5) is 15.4. The summed E-state index contributed by atoms with van der Waals surface area (Å²) in [6.45, 7) is 5.87. The number of fused-ring (bicyclic) bond motifs is 1. The van der Waals surface area contributed by atoms with Crippen molar-refractivity contribution in [1.82, 2.24) is 20.5 Å². The van der Waals surface area contributed by atoms with Gasteiger partial charge in [-0.2, -0.15) is 5.10 Å². The highest BCUT2D eigenvalue weighted by molar-refractivity contribution is 5.84. The maximum absolute atomic E-state index is 10.9. The maximum atomic E-state index is 10.9. The van der Waals surface area contributed by atoms with Crippen molar-refractivity contribution in [3.8, 4) is 0 Å². The van der Waals surface area contributed by atoms with Crippen LogP contribution in [-0.2, 0) is 11.3 Å². The number of H-pyrrole nitrogens is 1. The van der Waals surface area contributed by atoms with Crippen LogP contribution in [-0.4, -0.2) is 21.1 Å². The fourth-order valence-electron chi connectivity index (χ4n) is 1.78. The maximum Gasteiger partial charge on any atom is 0.217 e. The molecular formula is C11H14N4O. The molecular weight excluding hydrogens is 204 g/mol. The van der Waals surface area contributed by atoms with Gasteiger partial charge in [0.1, 0.15) is 0 Å². The van der Waals surface area contributed by atoms with Crippen molar-refractivity contribution < 1.29 is 4.79 Å². The Labute approximate surface area is 93.3 Å². The van der Waals surface area contributed by atoms with Gasteiger partial charge in [0.2, 0.25) is 5.91 Å². The van der Waals surface area contributed by atoms with Gasteiger partial charge >= 0.3 is 0 Å². The van der Waals surface area contributed by atoms with E-state index >= 15 is 0 Å². The minimum absolute atomic E-state index is 0.0485. The van der Waals surface area contributed by atoms with Crippen molar-refractivity contribution in [1.29, 1.82) is 0 Å². The summed E-state index contributed by atoms with van der Waals surface area (Å²) in [5.41, 5.74) is 3.82. The third-order valence-corrected chi connectivity index (χ3v) is 2.62. The first kappa shape index (κ1) is 10.6. The van der Waals surface area contributed by atoms with Gasteiger partial charge in [-0.05, 0) is 13.8 Å². The average molecular weight is 218 g/mol. The summed E-state index contributed by atoms with van der Waals surface area (Å²) < 4.78 is 0. The first-order valence-electron chi connectivity index (χ1n) is 5.13. The van der Waals surface area contributed by atoms with Gasteiger partial charge in [-0.1, -0.05) is 0 Å². The largest absolute Gasteiger partial charge is 0.352 e. The fraction of sp³-hybridized carbons (Fsp3) is 0.364. The Morgan fingerprint density at radius 2 is 2.19 bits per heavy atom. The fourth-order valence-corrected chi connectivity index (χ4v) is 1.78. The third-order valence-electron chi connectivity index (χ3n) is 2.62. The number of hydrogen-bond donors (Lipinski definition) is 2. The number of aromatic nitrogens is 3. The molecule has 2 aromatic rings.